The maximum Gasteiger partial charge on any atom is 0.00982 e. The highest BCUT2D eigenvalue weighted by Crippen LogP contribution is 2.07. The third-order valence-electron chi connectivity index (χ3n) is 1.99. The van der Waals surface area contributed by atoms with Crippen LogP contribution < -0.4 is 0 Å². The summed E-state index contributed by atoms with van der Waals surface area (Å²) < 4.78 is 0. The van der Waals surface area contributed by atoms with Crippen LogP contribution >= 0.6 is 0 Å². The quantitative estimate of drug-likeness (QED) is 0.421. The van der Waals surface area contributed by atoms with Gasteiger partial charge in [0.25, 0.3) is 0 Å². The van der Waals surface area contributed by atoms with Crippen LogP contribution in [0, 0.1) is 12.3 Å². The van der Waals surface area contributed by atoms with Gasteiger partial charge in [0.1, 0.15) is 0 Å². The third-order valence-corrected chi connectivity index (χ3v) is 1.99. The van der Waals surface area contributed by atoms with E-state index < -0.39 is 0 Å². The average molecular weight is 137 g/mol. The summed E-state index contributed by atoms with van der Waals surface area (Å²) in [6.07, 6.45) is 10.0. The van der Waals surface area contributed by atoms with Gasteiger partial charge in [0.2, 0.25) is 0 Å². The first kappa shape index (κ1) is 7.63. The van der Waals surface area contributed by atoms with Crippen LogP contribution in [-0.2, 0) is 0 Å². The summed E-state index contributed by atoms with van der Waals surface area (Å²) in [5.41, 5.74) is 0. The van der Waals surface area contributed by atoms with Crippen molar-refractivity contribution in [2.75, 3.05) is 19.6 Å². The number of hydrogen-bond donors (Lipinski definition) is 0. The summed E-state index contributed by atoms with van der Waals surface area (Å²) in [4.78, 5) is 2.50. The molecule has 0 amide bonds. The van der Waals surface area contributed by atoms with Gasteiger partial charge in [0.15, 0.2) is 0 Å². The Morgan fingerprint density at radius 1 is 1.30 bits per heavy atom. The Morgan fingerprint density at radius 2 is 2.00 bits per heavy atom. The van der Waals surface area contributed by atoms with Gasteiger partial charge in [-0.3, -0.25) is 0 Å². The molecule has 1 aliphatic rings. The highest BCUT2D eigenvalue weighted by Gasteiger charge is 2.09. The van der Waals surface area contributed by atoms with Crippen molar-refractivity contribution in [2.24, 2.45) is 0 Å². The topological polar surface area (TPSA) is 3.24 Å². The molecule has 0 aliphatic carbocycles. The van der Waals surface area contributed by atoms with E-state index in [0.717, 1.165) is 6.42 Å². The maximum atomic E-state index is 5.14. The van der Waals surface area contributed by atoms with Gasteiger partial charge in [-0.2, -0.15) is 0 Å². The molecule has 1 nitrogen and oxygen atoms in total. The minimum Gasteiger partial charge on any atom is -0.303 e. The molecule has 56 valence electrons. The van der Waals surface area contributed by atoms with Crippen LogP contribution in [0.3, 0.4) is 0 Å². The monoisotopic (exact) mass is 137 g/mol. The van der Waals surface area contributed by atoms with Crippen LogP contribution in [0.1, 0.15) is 25.7 Å². The Bertz CT molecular complexity index is 117. The number of rotatable bonds is 3. The van der Waals surface area contributed by atoms with Gasteiger partial charge in [-0.1, -0.05) is 0 Å². The lowest BCUT2D eigenvalue weighted by molar-refractivity contribution is 0.336. The molecule has 1 heterocycles. The second-order valence-corrected chi connectivity index (χ2v) is 2.86. The molecule has 1 rings (SSSR count). The van der Waals surface area contributed by atoms with Gasteiger partial charge in [0, 0.05) is 6.42 Å². The molecule has 0 saturated carbocycles. The fourth-order valence-electron chi connectivity index (χ4n) is 1.41. The lowest BCUT2D eigenvalue weighted by atomic mass is 10.3. The summed E-state index contributed by atoms with van der Waals surface area (Å²) in [5, 5.41) is 0. The Balaban J connectivity index is 1.97. The summed E-state index contributed by atoms with van der Waals surface area (Å²) in [6, 6.07) is 0. The van der Waals surface area contributed by atoms with Crippen molar-refractivity contribution in [3.05, 3.63) is 0 Å². The van der Waals surface area contributed by atoms with Gasteiger partial charge in [-0.25, -0.2) is 0 Å². The molecule has 0 N–H and O–H groups in total. The fraction of sp³-hybridized carbons (Fsp3) is 0.778. The Kier molecular flexibility index (Phi) is 3.32. The van der Waals surface area contributed by atoms with Crippen molar-refractivity contribution in [1.82, 2.24) is 4.90 Å². The van der Waals surface area contributed by atoms with Gasteiger partial charge in [-0.05, 0) is 38.9 Å². The molecule has 0 aromatic rings. The molecular weight excluding hydrogens is 122 g/mol. The molecule has 1 fully saturated rings. The molecule has 1 saturated heterocycles. The summed E-state index contributed by atoms with van der Waals surface area (Å²) in [5.74, 6) is 2.66. The molecule has 0 radical (unpaired) electrons. The van der Waals surface area contributed by atoms with Crippen LogP contribution in [0.25, 0.3) is 0 Å². The van der Waals surface area contributed by atoms with Crippen LogP contribution in [0.15, 0.2) is 0 Å². The minimum atomic E-state index is 0.941. The van der Waals surface area contributed by atoms with Crippen molar-refractivity contribution < 1.29 is 0 Å². The van der Waals surface area contributed by atoms with E-state index in [2.05, 4.69) is 10.8 Å². The SMILES string of the molecule is C#CCCCN1CCCC1. The first-order chi connectivity index (χ1) is 4.93. The van der Waals surface area contributed by atoms with Crippen molar-refractivity contribution in [3.63, 3.8) is 0 Å². The van der Waals surface area contributed by atoms with E-state index >= 15 is 0 Å². The highest BCUT2D eigenvalue weighted by molar-refractivity contribution is 4.83. The van der Waals surface area contributed by atoms with Crippen LogP contribution in [0.2, 0.25) is 0 Å². The molecule has 1 aliphatic heterocycles. The molecule has 0 bridgehead atoms. The summed E-state index contributed by atoms with van der Waals surface area (Å²) >= 11 is 0. The standard InChI is InChI=1S/C9H15N/c1-2-3-4-7-10-8-5-6-9-10/h1H,3-9H2. The van der Waals surface area contributed by atoms with Crippen molar-refractivity contribution in [3.8, 4) is 12.3 Å². The molecular formula is C9H15N. The average Bonchev–Trinajstić information content (AvgIpc) is 2.41. The van der Waals surface area contributed by atoms with Gasteiger partial charge < -0.3 is 4.90 Å². The highest BCUT2D eigenvalue weighted by atomic mass is 15.1. The third kappa shape index (κ3) is 2.41. The van der Waals surface area contributed by atoms with Gasteiger partial charge in [0.05, 0.1) is 0 Å². The van der Waals surface area contributed by atoms with Crippen LogP contribution in [-0.4, -0.2) is 24.5 Å². The predicted molar refractivity (Wildman–Crippen MR) is 43.7 cm³/mol. The predicted octanol–water partition coefficient (Wildman–Crippen LogP) is 1.50. The number of hydrogen-bond acceptors (Lipinski definition) is 1. The zero-order valence-electron chi connectivity index (χ0n) is 6.47. The number of unbranched alkanes of at least 4 members (excludes halogenated alkanes) is 1. The molecule has 1 heteroatoms. The van der Waals surface area contributed by atoms with E-state index in [4.69, 9.17) is 6.42 Å². The Hall–Kier alpha value is -0.480. The maximum absolute atomic E-state index is 5.14. The first-order valence-electron chi connectivity index (χ1n) is 4.09. The lowest BCUT2D eigenvalue weighted by Gasteiger charge is -2.12. The molecule has 0 unspecified atom stereocenters. The second kappa shape index (κ2) is 4.35. The van der Waals surface area contributed by atoms with E-state index in [1.165, 1.54) is 38.9 Å². The van der Waals surface area contributed by atoms with E-state index in [-0.39, 0.29) is 0 Å². The largest absolute Gasteiger partial charge is 0.303 e. The zero-order chi connectivity index (χ0) is 7.23. The molecule has 0 atom stereocenters. The summed E-state index contributed by atoms with van der Waals surface area (Å²) in [7, 11) is 0. The Labute approximate surface area is 63.4 Å². The number of terminal acetylenes is 1. The van der Waals surface area contributed by atoms with Crippen molar-refractivity contribution in [2.45, 2.75) is 25.7 Å². The van der Waals surface area contributed by atoms with Crippen molar-refractivity contribution in [1.29, 1.82) is 0 Å². The van der Waals surface area contributed by atoms with Crippen LogP contribution in [0.5, 0.6) is 0 Å². The number of likely N-dealkylation sites (tertiary alicyclic amines) is 1. The molecule has 0 aromatic heterocycles. The number of nitrogens with zero attached hydrogens (tertiary/aromatic N) is 1. The van der Waals surface area contributed by atoms with E-state index in [1.807, 2.05) is 0 Å². The fourth-order valence-corrected chi connectivity index (χ4v) is 1.41. The Morgan fingerprint density at radius 3 is 2.60 bits per heavy atom. The van der Waals surface area contributed by atoms with E-state index in [1.54, 1.807) is 0 Å². The van der Waals surface area contributed by atoms with E-state index in [0.29, 0.717) is 0 Å². The van der Waals surface area contributed by atoms with Gasteiger partial charge in [-0.15, -0.1) is 12.3 Å². The molecule has 10 heavy (non-hydrogen) atoms. The molecule has 0 spiro atoms. The van der Waals surface area contributed by atoms with Gasteiger partial charge >= 0.3 is 0 Å². The zero-order valence-corrected chi connectivity index (χ0v) is 6.47. The van der Waals surface area contributed by atoms with Crippen molar-refractivity contribution >= 4 is 0 Å². The van der Waals surface area contributed by atoms with E-state index in [9.17, 15) is 0 Å². The molecule has 0 aromatic carbocycles. The summed E-state index contributed by atoms with van der Waals surface area (Å²) in [6.45, 7) is 3.80. The first-order valence-corrected chi connectivity index (χ1v) is 4.09. The lowest BCUT2D eigenvalue weighted by Crippen LogP contribution is -2.19. The van der Waals surface area contributed by atoms with Crippen LogP contribution in [0.4, 0.5) is 0 Å². The normalized spacial score (nSPS) is 19.1. The minimum absolute atomic E-state index is 0.941. The smallest absolute Gasteiger partial charge is 0.00982 e. The second-order valence-electron chi connectivity index (χ2n) is 2.86.